The normalized spacial score (nSPS) is 19.8. The van der Waals surface area contributed by atoms with Crippen LogP contribution in [0.25, 0.3) is 0 Å². The van der Waals surface area contributed by atoms with Gasteiger partial charge in [-0.3, -0.25) is 10.1 Å². The molecule has 0 radical (unpaired) electrons. The molecule has 0 unspecified atom stereocenters. The van der Waals surface area contributed by atoms with Gasteiger partial charge in [0.15, 0.2) is 0 Å². The molecular formula is C18H21N3O2. The fourth-order valence-electron chi connectivity index (χ4n) is 3.71. The second-order valence-electron chi connectivity index (χ2n) is 5.81. The van der Waals surface area contributed by atoms with Gasteiger partial charge < -0.3 is 9.80 Å². The molecule has 1 aliphatic rings. The van der Waals surface area contributed by atoms with Crippen molar-refractivity contribution in [2.45, 2.75) is 26.4 Å². The Morgan fingerprint density at radius 2 is 1.61 bits per heavy atom. The Kier molecular flexibility index (Phi) is 3.72. The van der Waals surface area contributed by atoms with E-state index in [2.05, 4.69) is 42.7 Å². The number of non-ortho nitro benzene ring substituents is 1. The van der Waals surface area contributed by atoms with Crippen molar-refractivity contribution < 1.29 is 4.92 Å². The highest BCUT2D eigenvalue weighted by Crippen LogP contribution is 2.50. The van der Waals surface area contributed by atoms with Gasteiger partial charge >= 0.3 is 0 Å². The summed E-state index contributed by atoms with van der Waals surface area (Å²) in [5.41, 5.74) is 2.95. The number of hydrogen-bond acceptors (Lipinski definition) is 4. The molecule has 0 saturated heterocycles. The van der Waals surface area contributed by atoms with Crippen LogP contribution in [0.2, 0.25) is 0 Å². The van der Waals surface area contributed by atoms with Crippen molar-refractivity contribution in [2.24, 2.45) is 0 Å². The number of nitrogens with zero attached hydrogens (tertiary/aromatic N) is 3. The Labute approximate surface area is 136 Å². The molecule has 1 aliphatic heterocycles. The van der Waals surface area contributed by atoms with Gasteiger partial charge in [-0.2, -0.15) is 0 Å². The van der Waals surface area contributed by atoms with Gasteiger partial charge in [-0.25, -0.2) is 0 Å². The average Bonchev–Trinajstić information content (AvgIpc) is 2.82. The van der Waals surface area contributed by atoms with E-state index >= 15 is 0 Å². The van der Waals surface area contributed by atoms with Crippen molar-refractivity contribution in [1.29, 1.82) is 0 Å². The maximum absolute atomic E-state index is 11.2. The minimum atomic E-state index is -0.345. The van der Waals surface area contributed by atoms with Gasteiger partial charge in [0.25, 0.3) is 5.69 Å². The first-order valence-electron chi connectivity index (χ1n) is 7.93. The number of fused-ring (bicyclic) bond motifs is 1. The largest absolute Gasteiger partial charge is 0.344 e. The van der Waals surface area contributed by atoms with Crippen LogP contribution in [-0.4, -0.2) is 18.0 Å². The van der Waals surface area contributed by atoms with Crippen molar-refractivity contribution in [3.63, 3.8) is 0 Å². The second kappa shape index (κ2) is 5.57. The van der Waals surface area contributed by atoms with Gasteiger partial charge in [0, 0.05) is 25.2 Å². The summed E-state index contributed by atoms with van der Waals surface area (Å²) in [7, 11) is 0. The Bertz CT molecular complexity index is 732. The molecule has 0 N–H and O–H groups in total. The maximum Gasteiger partial charge on any atom is 0.271 e. The third-order valence-corrected chi connectivity index (χ3v) is 4.76. The Hall–Kier alpha value is -2.56. The molecule has 1 heterocycles. The third-order valence-electron chi connectivity index (χ3n) is 4.76. The zero-order chi connectivity index (χ0) is 16.6. The van der Waals surface area contributed by atoms with E-state index in [9.17, 15) is 10.1 Å². The maximum atomic E-state index is 11.2. The highest BCUT2D eigenvalue weighted by molar-refractivity contribution is 5.82. The molecule has 5 heteroatoms. The highest BCUT2D eigenvalue weighted by atomic mass is 16.6. The highest BCUT2D eigenvalue weighted by Gasteiger charge is 2.46. The molecule has 2 aromatic carbocycles. The van der Waals surface area contributed by atoms with Crippen LogP contribution in [0.3, 0.4) is 0 Å². The minimum Gasteiger partial charge on any atom is -0.344 e. The fourth-order valence-corrected chi connectivity index (χ4v) is 3.71. The van der Waals surface area contributed by atoms with Gasteiger partial charge in [-0.15, -0.1) is 0 Å². The van der Waals surface area contributed by atoms with E-state index in [1.165, 1.54) is 5.56 Å². The van der Waals surface area contributed by atoms with E-state index in [1.54, 1.807) is 12.1 Å². The van der Waals surface area contributed by atoms with E-state index in [4.69, 9.17) is 0 Å². The zero-order valence-corrected chi connectivity index (χ0v) is 13.7. The summed E-state index contributed by atoms with van der Waals surface area (Å²) in [4.78, 5) is 15.4. The summed E-state index contributed by atoms with van der Waals surface area (Å²) < 4.78 is 0. The van der Waals surface area contributed by atoms with Gasteiger partial charge in [0.05, 0.1) is 16.3 Å². The van der Waals surface area contributed by atoms with Crippen molar-refractivity contribution in [3.8, 4) is 0 Å². The first-order chi connectivity index (χ1) is 11.0. The summed E-state index contributed by atoms with van der Waals surface area (Å²) in [6.45, 7) is 7.98. The molecule has 0 fully saturated rings. The first kappa shape index (κ1) is 15.3. The topological polar surface area (TPSA) is 49.6 Å². The number of anilines is 2. The second-order valence-corrected chi connectivity index (χ2v) is 5.81. The van der Waals surface area contributed by atoms with E-state index < -0.39 is 0 Å². The number of nitro groups is 1. The molecular weight excluding hydrogens is 290 g/mol. The van der Waals surface area contributed by atoms with Gasteiger partial charge in [0.2, 0.25) is 0 Å². The van der Waals surface area contributed by atoms with Crippen molar-refractivity contribution in [2.75, 3.05) is 22.9 Å². The molecule has 5 nitrogen and oxygen atoms in total. The molecule has 0 amide bonds. The zero-order valence-electron chi connectivity index (χ0n) is 13.7. The molecule has 0 spiro atoms. The number of nitro benzene ring substituents is 1. The van der Waals surface area contributed by atoms with Gasteiger partial charge in [0.1, 0.15) is 5.66 Å². The lowest BCUT2D eigenvalue weighted by Crippen LogP contribution is -2.52. The molecule has 120 valence electrons. The van der Waals surface area contributed by atoms with Gasteiger partial charge in [-0.1, -0.05) is 30.3 Å². The number of rotatable bonds is 4. The first-order valence-corrected chi connectivity index (χ1v) is 7.93. The van der Waals surface area contributed by atoms with Crippen LogP contribution in [0, 0.1) is 10.1 Å². The molecule has 23 heavy (non-hydrogen) atoms. The van der Waals surface area contributed by atoms with E-state index in [0.29, 0.717) is 0 Å². The molecule has 0 bridgehead atoms. The van der Waals surface area contributed by atoms with Gasteiger partial charge in [-0.05, 0) is 32.4 Å². The third kappa shape index (κ3) is 2.15. The van der Waals surface area contributed by atoms with Crippen LogP contribution in [0.15, 0.2) is 48.5 Å². The van der Waals surface area contributed by atoms with Crippen molar-refractivity contribution >= 4 is 17.1 Å². The van der Waals surface area contributed by atoms with Crippen LogP contribution in [0.1, 0.15) is 26.3 Å². The Morgan fingerprint density at radius 1 is 1.00 bits per heavy atom. The number of hydrogen-bond donors (Lipinski definition) is 0. The molecule has 2 aromatic rings. The van der Waals surface area contributed by atoms with E-state index in [1.807, 2.05) is 24.3 Å². The SMILES string of the molecule is CCN1c2ccc([N+](=O)[O-])cc2N(CC)[C@@]1(C)c1ccccc1. The van der Waals surface area contributed by atoms with E-state index in [0.717, 1.165) is 24.5 Å². The quantitative estimate of drug-likeness (QED) is 0.629. The summed E-state index contributed by atoms with van der Waals surface area (Å²) in [5.74, 6) is 0. The summed E-state index contributed by atoms with van der Waals surface area (Å²) >= 11 is 0. The van der Waals surface area contributed by atoms with Crippen LogP contribution >= 0.6 is 0 Å². The van der Waals surface area contributed by atoms with Crippen LogP contribution in [0.5, 0.6) is 0 Å². The predicted molar refractivity (Wildman–Crippen MR) is 92.9 cm³/mol. The molecule has 1 atom stereocenters. The predicted octanol–water partition coefficient (Wildman–Crippen LogP) is 4.13. The van der Waals surface area contributed by atoms with Crippen LogP contribution in [-0.2, 0) is 5.66 Å². The lowest BCUT2D eigenvalue weighted by Gasteiger charge is -2.43. The smallest absolute Gasteiger partial charge is 0.271 e. The van der Waals surface area contributed by atoms with Crippen LogP contribution < -0.4 is 9.80 Å². The molecule has 3 rings (SSSR count). The summed E-state index contributed by atoms with van der Waals surface area (Å²) in [5, 5.41) is 11.2. The molecule has 0 aromatic heterocycles. The minimum absolute atomic E-state index is 0.135. The molecule has 0 aliphatic carbocycles. The monoisotopic (exact) mass is 311 g/mol. The standard InChI is InChI=1S/C18H21N3O2/c1-4-19-16-12-11-15(21(22)23)13-17(16)20(5-2)18(19,3)14-9-7-6-8-10-14/h6-13H,4-5H2,1-3H3/t18-/m0/s1. The lowest BCUT2D eigenvalue weighted by atomic mass is 9.98. The summed E-state index contributed by atoms with van der Waals surface area (Å²) in [6, 6.07) is 15.5. The average molecular weight is 311 g/mol. The van der Waals surface area contributed by atoms with Crippen molar-refractivity contribution in [1.82, 2.24) is 0 Å². The number of benzene rings is 2. The summed E-state index contributed by atoms with van der Waals surface area (Å²) in [6.07, 6.45) is 0. The van der Waals surface area contributed by atoms with E-state index in [-0.39, 0.29) is 16.3 Å². The Morgan fingerprint density at radius 3 is 2.17 bits per heavy atom. The molecule has 0 saturated carbocycles. The lowest BCUT2D eigenvalue weighted by molar-refractivity contribution is -0.384. The fraction of sp³-hybridized carbons (Fsp3) is 0.333. The van der Waals surface area contributed by atoms with Crippen molar-refractivity contribution in [3.05, 3.63) is 64.2 Å². The Balaban J connectivity index is 2.21. The van der Waals surface area contributed by atoms with Crippen LogP contribution in [0.4, 0.5) is 17.1 Å².